The summed E-state index contributed by atoms with van der Waals surface area (Å²) in [7, 11) is 2.15. The molecule has 0 radical (unpaired) electrons. The van der Waals surface area contributed by atoms with Crippen LogP contribution >= 0.6 is 0 Å². The van der Waals surface area contributed by atoms with Gasteiger partial charge in [-0.1, -0.05) is 6.92 Å². The highest BCUT2D eigenvalue weighted by Crippen LogP contribution is 2.12. The van der Waals surface area contributed by atoms with Crippen LogP contribution in [0.5, 0.6) is 0 Å². The molecule has 0 aromatic carbocycles. The van der Waals surface area contributed by atoms with Crippen molar-refractivity contribution in [3.8, 4) is 0 Å². The second-order valence-corrected chi connectivity index (χ2v) is 4.51. The lowest BCUT2D eigenvalue weighted by atomic mass is 10.1. The number of likely N-dealkylation sites (N-methyl/N-ethyl adjacent to an activating group) is 1. The second kappa shape index (κ2) is 6.43. The van der Waals surface area contributed by atoms with Crippen LogP contribution in [-0.4, -0.2) is 72.0 Å². The molecule has 2 unspecified atom stereocenters. The van der Waals surface area contributed by atoms with E-state index < -0.39 is 6.10 Å². The lowest BCUT2D eigenvalue weighted by Gasteiger charge is -2.31. The van der Waals surface area contributed by atoms with Gasteiger partial charge in [-0.25, -0.2) is 0 Å². The van der Waals surface area contributed by atoms with E-state index in [0.29, 0.717) is 12.6 Å². The Balaban J connectivity index is 2.51. The van der Waals surface area contributed by atoms with Crippen LogP contribution in [-0.2, 0) is 0 Å². The number of aliphatic hydroxyl groups is 2. The second-order valence-electron chi connectivity index (χ2n) is 4.51. The van der Waals surface area contributed by atoms with E-state index >= 15 is 0 Å². The minimum atomic E-state index is -0.595. The molecule has 0 aromatic rings. The molecule has 0 bridgehead atoms. The Kier molecular flexibility index (Phi) is 5.53. The molecule has 4 heteroatoms. The minimum absolute atomic E-state index is 0.136. The molecule has 0 spiro atoms. The van der Waals surface area contributed by atoms with E-state index in [4.69, 9.17) is 5.11 Å². The quantitative estimate of drug-likeness (QED) is 0.681. The van der Waals surface area contributed by atoms with E-state index in [-0.39, 0.29) is 6.61 Å². The summed E-state index contributed by atoms with van der Waals surface area (Å²) in [6, 6.07) is 0.513. The van der Waals surface area contributed by atoms with Crippen LogP contribution in [0.3, 0.4) is 0 Å². The smallest absolute Gasteiger partial charge is 0.0897 e. The van der Waals surface area contributed by atoms with Crippen LogP contribution in [0.4, 0.5) is 0 Å². The molecule has 1 rings (SSSR count). The number of hydrogen-bond donors (Lipinski definition) is 2. The first kappa shape index (κ1) is 12.9. The van der Waals surface area contributed by atoms with E-state index in [0.717, 1.165) is 32.5 Å². The summed E-state index contributed by atoms with van der Waals surface area (Å²) in [4.78, 5) is 4.66. The standard InChI is InChI=1S/C11H24N2O2/c1-3-10-7-12(2)5-4-6-13(10)8-11(15)9-14/h10-11,14-15H,3-9H2,1-2H3. The SMILES string of the molecule is CCC1CN(C)CCCN1CC(O)CO. The maximum atomic E-state index is 9.48. The van der Waals surface area contributed by atoms with Gasteiger partial charge >= 0.3 is 0 Å². The molecule has 1 heterocycles. The van der Waals surface area contributed by atoms with Gasteiger partial charge in [0.2, 0.25) is 0 Å². The fourth-order valence-electron chi connectivity index (χ4n) is 2.25. The highest BCUT2D eigenvalue weighted by molar-refractivity contribution is 4.79. The van der Waals surface area contributed by atoms with E-state index in [1.165, 1.54) is 0 Å². The van der Waals surface area contributed by atoms with Crippen molar-refractivity contribution in [1.29, 1.82) is 0 Å². The highest BCUT2D eigenvalue weighted by Gasteiger charge is 2.23. The Morgan fingerprint density at radius 3 is 2.73 bits per heavy atom. The third kappa shape index (κ3) is 4.07. The van der Waals surface area contributed by atoms with Crippen molar-refractivity contribution < 1.29 is 10.2 Å². The number of β-amino-alcohol motifs (C(OH)–C–C–N with tert-alkyl or cyclic N) is 1. The van der Waals surface area contributed by atoms with E-state index in [9.17, 15) is 5.11 Å². The molecule has 2 atom stereocenters. The van der Waals surface area contributed by atoms with E-state index in [1.807, 2.05) is 0 Å². The minimum Gasteiger partial charge on any atom is -0.394 e. The van der Waals surface area contributed by atoms with Crippen molar-refractivity contribution >= 4 is 0 Å². The molecule has 90 valence electrons. The summed E-state index contributed by atoms with van der Waals surface area (Å²) in [6.07, 6.45) is 1.65. The molecule has 1 saturated heterocycles. The van der Waals surface area contributed by atoms with Gasteiger partial charge in [0.1, 0.15) is 0 Å². The van der Waals surface area contributed by atoms with Crippen LogP contribution < -0.4 is 0 Å². The molecule has 0 saturated carbocycles. The zero-order chi connectivity index (χ0) is 11.3. The monoisotopic (exact) mass is 216 g/mol. The molecule has 2 N–H and O–H groups in total. The van der Waals surface area contributed by atoms with E-state index in [2.05, 4.69) is 23.8 Å². The summed E-state index contributed by atoms with van der Waals surface area (Å²) >= 11 is 0. The zero-order valence-corrected chi connectivity index (χ0v) is 9.89. The van der Waals surface area contributed by atoms with Gasteiger partial charge in [-0.2, -0.15) is 0 Å². The maximum absolute atomic E-state index is 9.48. The Morgan fingerprint density at radius 1 is 1.40 bits per heavy atom. The molecule has 1 aliphatic heterocycles. The fraction of sp³-hybridized carbons (Fsp3) is 1.00. The largest absolute Gasteiger partial charge is 0.394 e. The topological polar surface area (TPSA) is 46.9 Å². The van der Waals surface area contributed by atoms with Gasteiger partial charge in [-0.05, 0) is 33.0 Å². The van der Waals surface area contributed by atoms with Gasteiger partial charge in [-0.15, -0.1) is 0 Å². The maximum Gasteiger partial charge on any atom is 0.0897 e. The van der Waals surface area contributed by atoms with Gasteiger partial charge in [0.15, 0.2) is 0 Å². The normalized spacial score (nSPS) is 27.6. The third-order valence-corrected chi connectivity index (χ3v) is 3.15. The van der Waals surface area contributed by atoms with Crippen molar-refractivity contribution in [2.45, 2.75) is 31.9 Å². The van der Waals surface area contributed by atoms with Gasteiger partial charge in [0.05, 0.1) is 12.7 Å². The predicted molar refractivity (Wildman–Crippen MR) is 60.9 cm³/mol. The van der Waals surface area contributed by atoms with Crippen molar-refractivity contribution in [2.24, 2.45) is 0 Å². The highest BCUT2D eigenvalue weighted by atomic mass is 16.3. The average molecular weight is 216 g/mol. The first-order valence-electron chi connectivity index (χ1n) is 5.88. The van der Waals surface area contributed by atoms with Crippen LogP contribution in [0.2, 0.25) is 0 Å². The Hall–Kier alpha value is -0.160. The summed E-state index contributed by atoms with van der Waals surface area (Å²) < 4.78 is 0. The van der Waals surface area contributed by atoms with Gasteiger partial charge < -0.3 is 15.1 Å². The lowest BCUT2D eigenvalue weighted by molar-refractivity contribution is 0.0442. The number of nitrogens with zero attached hydrogens (tertiary/aromatic N) is 2. The molecular formula is C11H24N2O2. The Bertz CT molecular complexity index is 178. The molecule has 0 aromatic heterocycles. The van der Waals surface area contributed by atoms with E-state index in [1.54, 1.807) is 0 Å². The van der Waals surface area contributed by atoms with Gasteiger partial charge in [0.25, 0.3) is 0 Å². The lowest BCUT2D eigenvalue weighted by Crippen LogP contribution is -2.44. The number of aliphatic hydroxyl groups excluding tert-OH is 2. The summed E-state index contributed by atoms with van der Waals surface area (Å²) in [6.45, 7) is 5.87. The summed E-state index contributed by atoms with van der Waals surface area (Å²) in [5.74, 6) is 0. The molecule has 15 heavy (non-hydrogen) atoms. The van der Waals surface area contributed by atoms with Crippen molar-refractivity contribution in [3.05, 3.63) is 0 Å². The fourth-order valence-corrected chi connectivity index (χ4v) is 2.25. The Labute approximate surface area is 92.5 Å². The molecule has 0 aliphatic carbocycles. The zero-order valence-electron chi connectivity index (χ0n) is 9.89. The molecular weight excluding hydrogens is 192 g/mol. The molecule has 4 nitrogen and oxygen atoms in total. The van der Waals surface area contributed by atoms with Crippen LogP contribution in [0.25, 0.3) is 0 Å². The average Bonchev–Trinajstić information content (AvgIpc) is 2.40. The molecule has 1 aliphatic rings. The predicted octanol–water partition coefficient (Wildman–Crippen LogP) is -0.244. The summed E-state index contributed by atoms with van der Waals surface area (Å²) in [5, 5.41) is 18.3. The number of hydrogen-bond acceptors (Lipinski definition) is 4. The third-order valence-electron chi connectivity index (χ3n) is 3.15. The van der Waals surface area contributed by atoms with Crippen molar-refractivity contribution in [1.82, 2.24) is 9.80 Å². The first-order chi connectivity index (χ1) is 7.17. The van der Waals surface area contributed by atoms with Crippen LogP contribution in [0.15, 0.2) is 0 Å². The molecule has 0 amide bonds. The Morgan fingerprint density at radius 2 is 2.13 bits per heavy atom. The number of rotatable bonds is 4. The molecule has 1 fully saturated rings. The van der Waals surface area contributed by atoms with Crippen LogP contribution in [0.1, 0.15) is 19.8 Å². The van der Waals surface area contributed by atoms with Gasteiger partial charge in [0, 0.05) is 19.1 Å². The van der Waals surface area contributed by atoms with Crippen LogP contribution in [0, 0.1) is 0 Å². The first-order valence-corrected chi connectivity index (χ1v) is 5.88. The van der Waals surface area contributed by atoms with Crippen molar-refractivity contribution in [3.63, 3.8) is 0 Å². The summed E-state index contributed by atoms with van der Waals surface area (Å²) in [5.41, 5.74) is 0. The van der Waals surface area contributed by atoms with Crippen molar-refractivity contribution in [2.75, 3.05) is 39.8 Å². The van der Waals surface area contributed by atoms with Gasteiger partial charge in [-0.3, -0.25) is 4.90 Å².